The molecule has 0 saturated heterocycles. The van der Waals surface area contributed by atoms with Crippen molar-refractivity contribution >= 4 is 29.6 Å². The molecule has 1 unspecified atom stereocenters. The highest BCUT2D eigenvalue weighted by Gasteiger charge is 2.49. The van der Waals surface area contributed by atoms with Gasteiger partial charge < -0.3 is 14.6 Å². The number of fused-ring (bicyclic) bond motifs is 1. The largest absolute Gasteiger partial charge is 0.480 e. The van der Waals surface area contributed by atoms with Gasteiger partial charge in [0.1, 0.15) is 12.3 Å². The fourth-order valence-electron chi connectivity index (χ4n) is 2.55. The zero-order chi connectivity index (χ0) is 23.5. The Labute approximate surface area is 179 Å². The molecule has 0 radical (unpaired) electrons. The summed E-state index contributed by atoms with van der Waals surface area (Å²) in [5.41, 5.74) is 1.54. The Kier molecular flexibility index (Phi) is 7.86. The molecule has 3 N–H and O–H groups in total. The molecule has 2 atom stereocenters. The average molecular weight is 470 g/mol. The molecule has 1 heterocycles. The highest BCUT2D eigenvalue weighted by Crippen LogP contribution is 2.40. The van der Waals surface area contributed by atoms with Crippen LogP contribution in [-0.2, 0) is 19.2 Å². The van der Waals surface area contributed by atoms with E-state index in [0.717, 1.165) is 18.0 Å². The van der Waals surface area contributed by atoms with Crippen molar-refractivity contribution in [1.82, 2.24) is 15.9 Å². The summed E-state index contributed by atoms with van der Waals surface area (Å²) >= 11 is 5.93. The molecule has 0 spiro atoms. The molecule has 0 aromatic heterocycles. The minimum Gasteiger partial charge on any atom is -0.480 e. The second kappa shape index (κ2) is 9.80. The maximum atomic E-state index is 13.5. The van der Waals surface area contributed by atoms with E-state index in [1.54, 1.807) is 0 Å². The summed E-state index contributed by atoms with van der Waals surface area (Å²) in [6.07, 6.45) is -8.02. The first-order valence-electron chi connectivity index (χ1n) is 8.58. The Balaban J connectivity index is 2.13. The van der Waals surface area contributed by atoms with E-state index in [4.69, 9.17) is 31.0 Å². The Morgan fingerprint density at radius 3 is 2.61 bits per heavy atom. The van der Waals surface area contributed by atoms with Gasteiger partial charge in [-0.1, -0.05) is 17.2 Å². The number of halogens is 4. The number of aryl methyl sites for hydroxylation is 1. The molecule has 1 aliphatic heterocycles. The van der Waals surface area contributed by atoms with Crippen LogP contribution in [0.4, 0.5) is 13.2 Å². The summed E-state index contributed by atoms with van der Waals surface area (Å²) in [7, 11) is 1.18. The van der Waals surface area contributed by atoms with Crippen LogP contribution in [0.25, 0.3) is 6.08 Å². The third-order valence-corrected chi connectivity index (χ3v) is 4.11. The predicted molar refractivity (Wildman–Crippen MR) is 98.3 cm³/mol. The number of ether oxygens (including phenoxy) is 2. The maximum absolute atomic E-state index is 13.5. The number of aliphatic carboxylic acids is 1. The second-order valence-corrected chi connectivity index (χ2v) is 6.90. The number of likely N-dealkylation sites (N-methyl/N-ethyl adjacent to an activating group) is 1. The standard InChI is InChI=1S/C17H19ClF3N3O7/c1-8-4-11(18)5-10-6-12(15(17(19,20)21)30-14(8)10)16(27)29-9(2)31-22-24(28)23(3)7-13(25)26/h4-6,9,15,22,28H,7H2,1-3H3,(H,25,26)/t9?,15-/m0/s1. The zero-order valence-corrected chi connectivity index (χ0v) is 17.2. The number of carbonyl (C=O) groups excluding carboxylic acids is 1. The fourth-order valence-corrected chi connectivity index (χ4v) is 2.84. The normalized spacial score (nSPS) is 17.1. The maximum Gasteiger partial charge on any atom is 0.430 e. The highest BCUT2D eigenvalue weighted by atomic mass is 35.5. The highest BCUT2D eigenvalue weighted by molar-refractivity contribution is 6.30. The molecule has 31 heavy (non-hydrogen) atoms. The third kappa shape index (κ3) is 6.53. The number of hydrazine groups is 2. The number of esters is 1. The number of nitrogens with zero attached hydrogens (tertiary/aromatic N) is 2. The molecule has 14 heteroatoms. The van der Waals surface area contributed by atoms with Crippen molar-refractivity contribution in [3.05, 3.63) is 33.9 Å². The third-order valence-electron chi connectivity index (χ3n) is 3.89. The van der Waals surface area contributed by atoms with E-state index in [0.29, 0.717) is 5.56 Å². The summed E-state index contributed by atoms with van der Waals surface area (Å²) in [6, 6.07) is 2.77. The smallest absolute Gasteiger partial charge is 0.430 e. The van der Waals surface area contributed by atoms with Crippen molar-refractivity contribution in [1.29, 1.82) is 0 Å². The van der Waals surface area contributed by atoms with Crippen molar-refractivity contribution in [2.45, 2.75) is 32.4 Å². The van der Waals surface area contributed by atoms with Gasteiger partial charge in [-0.3, -0.25) is 10.0 Å². The van der Waals surface area contributed by atoms with Gasteiger partial charge in [-0.25, -0.2) is 9.63 Å². The van der Waals surface area contributed by atoms with Crippen LogP contribution in [0.2, 0.25) is 5.02 Å². The van der Waals surface area contributed by atoms with Crippen molar-refractivity contribution < 1.29 is 47.4 Å². The number of carboxylic acids is 1. The number of hydrogen-bond donors (Lipinski definition) is 3. The van der Waals surface area contributed by atoms with E-state index in [1.807, 2.05) is 5.59 Å². The predicted octanol–water partition coefficient (Wildman–Crippen LogP) is 2.30. The summed E-state index contributed by atoms with van der Waals surface area (Å²) in [4.78, 5) is 27.7. The molecule has 1 aromatic carbocycles. The second-order valence-electron chi connectivity index (χ2n) is 6.46. The van der Waals surface area contributed by atoms with Gasteiger partial charge in [0, 0.05) is 17.6 Å². The van der Waals surface area contributed by atoms with Crippen molar-refractivity contribution in [3.8, 4) is 5.75 Å². The molecule has 0 fully saturated rings. The van der Waals surface area contributed by atoms with Crippen molar-refractivity contribution in [2.75, 3.05) is 13.6 Å². The Morgan fingerprint density at radius 2 is 2.03 bits per heavy atom. The number of benzene rings is 1. The van der Waals surface area contributed by atoms with E-state index in [2.05, 4.69) is 0 Å². The van der Waals surface area contributed by atoms with Gasteiger partial charge in [-0.05, 0) is 42.9 Å². The lowest BCUT2D eigenvalue weighted by Gasteiger charge is -2.29. The molecular formula is C17H19ClF3N3O7. The van der Waals surface area contributed by atoms with Crippen LogP contribution < -0.4 is 10.3 Å². The van der Waals surface area contributed by atoms with Crippen molar-refractivity contribution in [2.24, 2.45) is 0 Å². The Hall–Kier alpha value is -2.42. The fraction of sp³-hybridized carbons (Fsp3) is 0.412. The number of alkyl halides is 3. The van der Waals surface area contributed by atoms with E-state index in [9.17, 15) is 28.0 Å². The molecule has 1 aliphatic rings. The van der Waals surface area contributed by atoms with Gasteiger partial charge >= 0.3 is 18.1 Å². The molecule has 2 rings (SSSR count). The van der Waals surface area contributed by atoms with Crippen LogP contribution in [-0.4, -0.2) is 64.7 Å². The minimum atomic E-state index is -4.92. The van der Waals surface area contributed by atoms with Crippen LogP contribution in [0.1, 0.15) is 18.1 Å². The van der Waals surface area contributed by atoms with Crippen LogP contribution in [0, 0.1) is 6.92 Å². The van der Waals surface area contributed by atoms with Gasteiger partial charge in [0.25, 0.3) is 0 Å². The summed E-state index contributed by atoms with van der Waals surface area (Å²) < 4.78 is 50.4. The van der Waals surface area contributed by atoms with Crippen LogP contribution >= 0.6 is 11.6 Å². The van der Waals surface area contributed by atoms with E-state index < -0.39 is 42.6 Å². The van der Waals surface area contributed by atoms with E-state index >= 15 is 0 Å². The quantitative estimate of drug-likeness (QED) is 0.297. The van der Waals surface area contributed by atoms with Crippen LogP contribution in [0.3, 0.4) is 0 Å². The molecule has 1 aromatic rings. The van der Waals surface area contributed by atoms with Gasteiger partial charge in [-0.2, -0.15) is 18.2 Å². The first-order valence-corrected chi connectivity index (χ1v) is 8.96. The van der Waals surface area contributed by atoms with E-state index in [-0.39, 0.29) is 21.6 Å². The van der Waals surface area contributed by atoms with Gasteiger partial charge in [-0.15, -0.1) is 0 Å². The summed E-state index contributed by atoms with van der Waals surface area (Å²) in [5.74, 6) is -2.71. The zero-order valence-electron chi connectivity index (χ0n) is 16.4. The van der Waals surface area contributed by atoms with Gasteiger partial charge in [0.2, 0.25) is 12.4 Å². The lowest BCUT2D eigenvalue weighted by molar-refractivity contribution is -0.358. The first kappa shape index (κ1) is 24.8. The topological polar surface area (TPSA) is 121 Å². The number of hydrogen-bond acceptors (Lipinski definition) is 9. The van der Waals surface area contributed by atoms with Crippen LogP contribution in [0.5, 0.6) is 5.75 Å². The van der Waals surface area contributed by atoms with E-state index in [1.165, 1.54) is 26.1 Å². The lowest BCUT2D eigenvalue weighted by atomic mass is 9.99. The number of carboxylic acid groups (broad SMARTS) is 1. The number of carbonyl (C=O) groups is 2. The summed E-state index contributed by atoms with van der Waals surface area (Å²) in [5, 5.41) is 19.3. The molecule has 10 nitrogen and oxygen atoms in total. The Bertz CT molecular complexity index is 881. The lowest BCUT2D eigenvalue weighted by Crippen LogP contribution is -2.50. The number of rotatable bonds is 8. The molecular weight excluding hydrogens is 451 g/mol. The molecule has 0 aliphatic carbocycles. The minimum absolute atomic E-state index is 0.0633. The van der Waals surface area contributed by atoms with Crippen LogP contribution in [0.15, 0.2) is 17.7 Å². The number of nitrogens with one attached hydrogen (secondary N) is 1. The molecule has 0 saturated carbocycles. The van der Waals surface area contributed by atoms with Crippen molar-refractivity contribution in [3.63, 3.8) is 0 Å². The Morgan fingerprint density at radius 1 is 1.39 bits per heavy atom. The molecule has 0 amide bonds. The monoisotopic (exact) mass is 469 g/mol. The molecule has 172 valence electrons. The molecule has 0 bridgehead atoms. The van der Waals surface area contributed by atoms with Gasteiger partial charge in [0.05, 0.1) is 5.57 Å². The van der Waals surface area contributed by atoms with Gasteiger partial charge in [0.15, 0.2) is 0 Å². The first-order chi connectivity index (χ1) is 14.3. The summed E-state index contributed by atoms with van der Waals surface area (Å²) in [6.45, 7) is 2.05. The SMILES string of the molecule is Cc1cc(Cl)cc2c1O[C@H](C(F)(F)F)C(C(=O)OC(C)ONN(O)N(C)CC(=O)O)=C2. The average Bonchev–Trinajstić information content (AvgIpc) is 2.63.